The van der Waals surface area contributed by atoms with Crippen molar-refractivity contribution in [1.29, 1.82) is 0 Å². The van der Waals surface area contributed by atoms with Crippen LogP contribution in [0.3, 0.4) is 0 Å². The number of Topliss-reactive ketones (excluding diaryl/α,β-unsaturated/α-hetero) is 2. The Balaban J connectivity index is 1.62. The third kappa shape index (κ3) is 4.96. The predicted octanol–water partition coefficient (Wildman–Crippen LogP) is 4.60. The van der Waals surface area contributed by atoms with Gasteiger partial charge < -0.3 is 0 Å². The first-order valence-electron chi connectivity index (χ1n) is 8.60. The SMILES string of the molecule is CC(=O)Cc1ccc(C(=O)Cc2ncc(Cc3ccc(C)cc3)s2)cc1. The molecule has 0 aliphatic carbocycles. The first kappa shape index (κ1) is 18.2. The number of ketones is 2. The van der Waals surface area contributed by atoms with Gasteiger partial charge in [-0.05, 0) is 25.0 Å². The lowest BCUT2D eigenvalue weighted by Crippen LogP contribution is -2.04. The normalized spacial score (nSPS) is 10.7. The topological polar surface area (TPSA) is 47.0 Å². The van der Waals surface area contributed by atoms with Crippen molar-refractivity contribution in [2.24, 2.45) is 0 Å². The molecule has 0 bridgehead atoms. The molecule has 4 heteroatoms. The van der Waals surface area contributed by atoms with E-state index in [4.69, 9.17) is 0 Å². The van der Waals surface area contributed by atoms with Crippen LogP contribution in [0.15, 0.2) is 54.7 Å². The van der Waals surface area contributed by atoms with E-state index in [1.165, 1.54) is 11.1 Å². The number of hydrogen-bond donors (Lipinski definition) is 0. The molecular formula is C22H21NO2S. The quantitative estimate of drug-likeness (QED) is 0.576. The minimum absolute atomic E-state index is 0.0515. The lowest BCUT2D eigenvalue weighted by molar-refractivity contribution is -0.116. The van der Waals surface area contributed by atoms with Crippen LogP contribution in [0.5, 0.6) is 0 Å². The third-order valence-electron chi connectivity index (χ3n) is 4.14. The number of thiazole rings is 1. The monoisotopic (exact) mass is 363 g/mol. The molecule has 1 aromatic heterocycles. The van der Waals surface area contributed by atoms with Crippen LogP contribution < -0.4 is 0 Å². The van der Waals surface area contributed by atoms with E-state index >= 15 is 0 Å². The molecule has 1 heterocycles. The maximum absolute atomic E-state index is 12.5. The van der Waals surface area contributed by atoms with E-state index < -0.39 is 0 Å². The Morgan fingerprint density at radius 1 is 0.923 bits per heavy atom. The number of rotatable bonds is 7. The van der Waals surface area contributed by atoms with Gasteiger partial charge in [0.05, 0.1) is 6.42 Å². The van der Waals surface area contributed by atoms with Crippen molar-refractivity contribution < 1.29 is 9.59 Å². The van der Waals surface area contributed by atoms with Gasteiger partial charge in [0.25, 0.3) is 0 Å². The van der Waals surface area contributed by atoms with Gasteiger partial charge in [0.15, 0.2) is 5.78 Å². The van der Waals surface area contributed by atoms with Crippen molar-refractivity contribution in [3.63, 3.8) is 0 Å². The summed E-state index contributed by atoms with van der Waals surface area (Å²) in [6.45, 7) is 3.64. The van der Waals surface area contributed by atoms with E-state index in [1.807, 2.05) is 18.3 Å². The molecule has 26 heavy (non-hydrogen) atoms. The second-order valence-corrected chi connectivity index (χ2v) is 7.76. The smallest absolute Gasteiger partial charge is 0.169 e. The molecule has 3 nitrogen and oxygen atoms in total. The lowest BCUT2D eigenvalue weighted by Gasteiger charge is -2.02. The number of aryl methyl sites for hydroxylation is 1. The van der Waals surface area contributed by atoms with E-state index in [0.29, 0.717) is 18.4 Å². The van der Waals surface area contributed by atoms with Crippen molar-refractivity contribution in [3.05, 3.63) is 86.9 Å². The zero-order valence-corrected chi connectivity index (χ0v) is 15.8. The molecule has 0 amide bonds. The second kappa shape index (κ2) is 8.19. The van der Waals surface area contributed by atoms with Crippen LogP contribution in [-0.4, -0.2) is 16.6 Å². The van der Waals surface area contributed by atoms with Gasteiger partial charge in [-0.1, -0.05) is 54.1 Å². The maximum atomic E-state index is 12.5. The van der Waals surface area contributed by atoms with Gasteiger partial charge in [-0.3, -0.25) is 9.59 Å². The van der Waals surface area contributed by atoms with Crippen LogP contribution in [0.25, 0.3) is 0 Å². The van der Waals surface area contributed by atoms with Gasteiger partial charge in [0.2, 0.25) is 0 Å². The van der Waals surface area contributed by atoms with Crippen LogP contribution in [0.4, 0.5) is 0 Å². The molecule has 0 N–H and O–H groups in total. The second-order valence-electron chi connectivity index (χ2n) is 6.56. The van der Waals surface area contributed by atoms with Gasteiger partial charge >= 0.3 is 0 Å². The third-order valence-corrected chi connectivity index (χ3v) is 5.14. The summed E-state index contributed by atoms with van der Waals surface area (Å²) in [5.74, 6) is 0.170. The zero-order valence-electron chi connectivity index (χ0n) is 15.0. The van der Waals surface area contributed by atoms with E-state index in [2.05, 4.69) is 36.2 Å². The summed E-state index contributed by atoms with van der Waals surface area (Å²) >= 11 is 1.59. The highest BCUT2D eigenvalue weighted by atomic mass is 32.1. The summed E-state index contributed by atoms with van der Waals surface area (Å²) in [6, 6.07) is 15.7. The van der Waals surface area contributed by atoms with Crippen LogP contribution in [-0.2, 0) is 24.1 Å². The van der Waals surface area contributed by atoms with Crippen LogP contribution in [0, 0.1) is 6.92 Å². The predicted molar refractivity (Wildman–Crippen MR) is 105 cm³/mol. The van der Waals surface area contributed by atoms with E-state index in [0.717, 1.165) is 21.9 Å². The number of hydrogen-bond acceptors (Lipinski definition) is 4. The molecule has 0 aliphatic rings. The van der Waals surface area contributed by atoms with Crippen molar-refractivity contribution in [1.82, 2.24) is 4.98 Å². The fourth-order valence-corrected chi connectivity index (χ4v) is 3.71. The number of carbonyl (C=O) groups is 2. The summed E-state index contributed by atoms with van der Waals surface area (Å²) in [5.41, 5.74) is 4.09. The molecule has 3 rings (SSSR count). The molecular weight excluding hydrogens is 342 g/mol. The molecule has 132 valence electrons. The standard InChI is InChI=1S/C22H21NO2S/c1-15-3-5-18(6-4-15)12-20-14-23-22(26-20)13-21(25)19-9-7-17(8-10-19)11-16(2)24/h3-10,14H,11-13H2,1-2H3. The Hall–Kier alpha value is -2.59. The van der Waals surface area contributed by atoms with Crippen molar-refractivity contribution >= 4 is 22.9 Å². The largest absolute Gasteiger partial charge is 0.300 e. The molecule has 0 unspecified atom stereocenters. The van der Waals surface area contributed by atoms with Gasteiger partial charge in [-0.15, -0.1) is 11.3 Å². The summed E-state index contributed by atoms with van der Waals surface area (Å²) < 4.78 is 0. The van der Waals surface area contributed by atoms with Gasteiger partial charge in [-0.2, -0.15) is 0 Å². The summed E-state index contributed by atoms with van der Waals surface area (Å²) in [7, 11) is 0. The minimum atomic E-state index is 0.0515. The highest BCUT2D eigenvalue weighted by Gasteiger charge is 2.11. The molecule has 2 aromatic carbocycles. The molecule has 0 fully saturated rings. The minimum Gasteiger partial charge on any atom is -0.300 e. The van der Waals surface area contributed by atoms with Gasteiger partial charge in [0, 0.05) is 29.5 Å². The van der Waals surface area contributed by atoms with E-state index in [1.54, 1.807) is 30.4 Å². The first-order chi connectivity index (χ1) is 12.5. The fourth-order valence-electron chi connectivity index (χ4n) is 2.75. The van der Waals surface area contributed by atoms with E-state index in [9.17, 15) is 9.59 Å². The van der Waals surface area contributed by atoms with Crippen molar-refractivity contribution in [2.45, 2.75) is 33.1 Å². The van der Waals surface area contributed by atoms with Crippen LogP contribution >= 0.6 is 11.3 Å². The Labute approximate surface area is 157 Å². The van der Waals surface area contributed by atoms with E-state index in [-0.39, 0.29) is 11.6 Å². The highest BCUT2D eigenvalue weighted by Crippen LogP contribution is 2.19. The summed E-state index contributed by atoms with van der Waals surface area (Å²) in [4.78, 5) is 29.2. The first-order valence-corrected chi connectivity index (χ1v) is 9.42. The Kier molecular flexibility index (Phi) is 5.74. The fraction of sp³-hybridized carbons (Fsp3) is 0.227. The number of aromatic nitrogens is 1. The molecule has 0 saturated carbocycles. The van der Waals surface area contributed by atoms with Crippen molar-refractivity contribution in [3.8, 4) is 0 Å². The Morgan fingerprint density at radius 3 is 2.23 bits per heavy atom. The molecule has 0 aliphatic heterocycles. The van der Waals surface area contributed by atoms with Gasteiger partial charge in [0.1, 0.15) is 10.8 Å². The van der Waals surface area contributed by atoms with Crippen molar-refractivity contribution in [2.75, 3.05) is 0 Å². The molecule has 3 aromatic rings. The van der Waals surface area contributed by atoms with Crippen LogP contribution in [0.2, 0.25) is 0 Å². The summed E-state index contributed by atoms with van der Waals surface area (Å²) in [5, 5.41) is 0.838. The zero-order chi connectivity index (χ0) is 18.5. The molecule has 0 atom stereocenters. The van der Waals surface area contributed by atoms with Crippen LogP contribution in [0.1, 0.15) is 43.9 Å². The maximum Gasteiger partial charge on any atom is 0.169 e. The summed E-state index contributed by atoms with van der Waals surface area (Å²) in [6.07, 6.45) is 3.42. The lowest BCUT2D eigenvalue weighted by atomic mass is 10.0. The number of carbonyl (C=O) groups excluding carboxylic acids is 2. The Bertz CT molecular complexity index is 908. The number of benzene rings is 2. The average Bonchev–Trinajstić information content (AvgIpc) is 3.04. The van der Waals surface area contributed by atoms with Gasteiger partial charge in [-0.25, -0.2) is 4.98 Å². The molecule has 0 radical (unpaired) electrons. The highest BCUT2D eigenvalue weighted by molar-refractivity contribution is 7.11. The average molecular weight is 363 g/mol. The molecule has 0 spiro atoms. The Morgan fingerprint density at radius 2 is 1.58 bits per heavy atom. The molecule has 0 saturated heterocycles. The number of nitrogens with zero attached hydrogens (tertiary/aromatic N) is 1.